The summed E-state index contributed by atoms with van der Waals surface area (Å²) in [6.45, 7) is 3.87. The minimum absolute atomic E-state index is 0.00822. The molecule has 0 aromatic carbocycles. The van der Waals surface area contributed by atoms with Gasteiger partial charge >= 0.3 is 0 Å². The van der Waals surface area contributed by atoms with Crippen molar-refractivity contribution in [2.75, 3.05) is 5.73 Å². The first-order valence-electron chi connectivity index (χ1n) is 6.41. The van der Waals surface area contributed by atoms with Gasteiger partial charge in [0.05, 0.1) is 5.69 Å². The number of aromatic nitrogens is 2. The smallest absolute Gasteiger partial charge is 0.186 e. The van der Waals surface area contributed by atoms with Gasteiger partial charge in [0.25, 0.3) is 0 Å². The molecule has 4 heteroatoms. The van der Waals surface area contributed by atoms with Crippen LogP contribution in [0.15, 0.2) is 0 Å². The molecule has 1 heterocycles. The molecule has 1 aliphatic rings. The van der Waals surface area contributed by atoms with Crippen LogP contribution in [-0.4, -0.2) is 9.97 Å². The van der Waals surface area contributed by atoms with Gasteiger partial charge in [0, 0.05) is 5.92 Å². The molecule has 2 rings (SSSR count). The Labute approximate surface area is 102 Å². The van der Waals surface area contributed by atoms with Crippen molar-refractivity contribution in [1.29, 1.82) is 0 Å². The van der Waals surface area contributed by atoms with Gasteiger partial charge in [0.1, 0.15) is 5.82 Å². The normalized spacial score (nSPS) is 24.9. The second kappa shape index (κ2) is 4.98. The molecule has 0 saturated heterocycles. The van der Waals surface area contributed by atoms with Crippen LogP contribution in [0.25, 0.3) is 0 Å². The van der Waals surface area contributed by atoms with Gasteiger partial charge in [-0.3, -0.25) is 0 Å². The quantitative estimate of drug-likeness (QED) is 0.859. The molecule has 3 nitrogen and oxygen atoms in total. The number of nitrogens with two attached hydrogens (primary N) is 1. The number of rotatable bonds is 2. The van der Waals surface area contributed by atoms with E-state index in [4.69, 9.17) is 5.73 Å². The largest absolute Gasteiger partial charge is 0.381 e. The van der Waals surface area contributed by atoms with Gasteiger partial charge in [-0.25, -0.2) is 14.4 Å². The van der Waals surface area contributed by atoms with E-state index in [0.29, 0.717) is 11.6 Å². The number of hydrogen-bond acceptors (Lipinski definition) is 3. The first-order chi connectivity index (χ1) is 8.11. The van der Waals surface area contributed by atoms with Crippen LogP contribution in [-0.2, 0) is 0 Å². The lowest BCUT2D eigenvalue weighted by molar-refractivity contribution is 0.306. The third kappa shape index (κ3) is 2.56. The SMILES string of the molecule is CCC1CCCC(c2nc(C)c(F)c(N)n2)C1. The van der Waals surface area contributed by atoms with Crippen molar-refractivity contribution in [3.8, 4) is 0 Å². The molecule has 1 aromatic rings. The lowest BCUT2D eigenvalue weighted by Gasteiger charge is -2.27. The van der Waals surface area contributed by atoms with E-state index in [1.165, 1.54) is 19.3 Å². The van der Waals surface area contributed by atoms with Crippen molar-refractivity contribution in [3.63, 3.8) is 0 Å². The van der Waals surface area contributed by atoms with Crippen LogP contribution in [0.2, 0.25) is 0 Å². The van der Waals surface area contributed by atoms with E-state index in [0.717, 1.165) is 24.6 Å². The van der Waals surface area contributed by atoms with E-state index >= 15 is 0 Å². The van der Waals surface area contributed by atoms with Crippen molar-refractivity contribution < 1.29 is 4.39 Å². The molecule has 1 fully saturated rings. The lowest BCUT2D eigenvalue weighted by atomic mass is 9.80. The first kappa shape index (κ1) is 12.3. The maximum atomic E-state index is 13.4. The summed E-state index contributed by atoms with van der Waals surface area (Å²) in [5.41, 5.74) is 5.94. The predicted molar refractivity (Wildman–Crippen MR) is 66.1 cm³/mol. The van der Waals surface area contributed by atoms with Crippen molar-refractivity contribution in [3.05, 3.63) is 17.3 Å². The molecule has 17 heavy (non-hydrogen) atoms. The molecule has 0 aliphatic heterocycles. The third-order valence-corrected chi connectivity index (χ3v) is 3.79. The Bertz CT molecular complexity index is 383. The van der Waals surface area contributed by atoms with E-state index in [1.54, 1.807) is 6.92 Å². The highest BCUT2D eigenvalue weighted by Gasteiger charge is 2.25. The molecule has 0 amide bonds. The average molecular weight is 237 g/mol. The topological polar surface area (TPSA) is 51.8 Å². The molecular weight excluding hydrogens is 217 g/mol. The van der Waals surface area contributed by atoms with Crippen molar-refractivity contribution in [2.24, 2.45) is 5.92 Å². The zero-order valence-corrected chi connectivity index (χ0v) is 10.5. The summed E-state index contributed by atoms with van der Waals surface area (Å²) in [5, 5.41) is 0. The van der Waals surface area contributed by atoms with Gasteiger partial charge in [-0.05, 0) is 25.7 Å². The molecule has 94 valence electrons. The number of hydrogen-bond donors (Lipinski definition) is 1. The van der Waals surface area contributed by atoms with Gasteiger partial charge in [-0.15, -0.1) is 0 Å². The Balaban J connectivity index is 2.22. The van der Waals surface area contributed by atoms with E-state index in [2.05, 4.69) is 16.9 Å². The second-order valence-corrected chi connectivity index (χ2v) is 5.00. The summed E-state index contributed by atoms with van der Waals surface area (Å²) in [4.78, 5) is 8.38. The third-order valence-electron chi connectivity index (χ3n) is 3.79. The molecule has 2 N–H and O–H groups in total. The van der Waals surface area contributed by atoms with Crippen LogP contribution in [0.4, 0.5) is 10.2 Å². The Hall–Kier alpha value is -1.19. The fraction of sp³-hybridized carbons (Fsp3) is 0.692. The minimum atomic E-state index is -0.475. The maximum absolute atomic E-state index is 13.4. The van der Waals surface area contributed by atoms with Crippen molar-refractivity contribution >= 4 is 5.82 Å². The van der Waals surface area contributed by atoms with Gasteiger partial charge in [0.2, 0.25) is 0 Å². The second-order valence-electron chi connectivity index (χ2n) is 5.00. The highest BCUT2D eigenvalue weighted by atomic mass is 19.1. The predicted octanol–water partition coefficient (Wildman–Crippen LogP) is 3.19. The van der Waals surface area contributed by atoms with Crippen LogP contribution in [0.3, 0.4) is 0 Å². The number of halogens is 1. The van der Waals surface area contributed by atoms with E-state index < -0.39 is 5.82 Å². The number of anilines is 1. The van der Waals surface area contributed by atoms with Gasteiger partial charge in [0.15, 0.2) is 11.6 Å². The zero-order chi connectivity index (χ0) is 12.4. The Morgan fingerprint density at radius 2 is 2.12 bits per heavy atom. The summed E-state index contributed by atoms with van der Waals surface area (Å²) in [6.07, 6.45) is 5.92. The van der Waals surface area contributed by atoms with E-state index in [1.807, 2.05) is 0 Å². The number of aryl methyl sites for hydroxylation is 1. The standard InChI is InChI=1S/C13H20FN3/c1-3-9-5-4-6-10(7-9)13-16-8(2)11(14)12(15)17-13/h9-10H,3-7H2,1-2H3,(H2,15,16,17). The van der Waals surface area contributed by atoms with Crippen LogP contribution in [0.5, 0.6) is 0 Å². The molecule has 0 radical (unpaired) electrons. The summed E-state index contributed by atoms with van der Waals surface area (Å²) in [7, 11) is 0. The van der Waals surface area contributed by atoms with Gasteiger partial charge in [-0.1, -0.05) is 26.2 Å². The molecule has 1 aliphatic carbocycles. The van der Waals surface area contributed by atoms with Gasteiger partial charge in [-0.2, -0.15) is 0 Å². The first-order valence-corrected chi connectivity index (χ1v) is 6.41. The van der Waals surface area contributed by atoms with E-state index in [9.17, 15) is 4.39 Å². The van der Waals surface area contributed by atoms with Crippen LogP contribution in [0.1, 0.15) is 56.5 Å². The summed E-state index contributed by atoms with van der Waals surface area (Å²) < 4.78 is 13.4. The number of nitrogens with zero attached hydrogens (tertiary/aromatic N) is 2. The zero-order valence-electron chi connectivity index (χ0n) is 10.5. The fourth-order valence-corrected chi connectivity index (χ4v) is 2.68. The molecule has 1 saturated carbocycles. The Morgan fingerprint density at radius 3 is 2.76 bits per heavy atom. The van der Waals surface area contributed by atoms with Crippen LogP contribution >= 0.6 is 0 Å². The van der Waals surface area contributed by atoms with Crippen molar-refractivity contribution in [1.82, 2.24) is 9.97 Å². The molecule has 0 spiro atoms. The lowest BCUT2D eigenvalue weighted by Crippen LogP contribution is -2.17. The monoisotopic (exact) mass is 237 g/mol. The summed E-state index contributed by atoms with van der Waals surface area (Å²) in [5.74, 6) is 1.36. The molecule has 2 unspecified atom stereocenters. The Morgan fingerprint density at radius 1 is 1.35 bits per heavy atom. The molecule has 2 atom stereocenters. The van der Waals surface area contributed by atoms with Crippen molar-refractivity contribution in [2.45, 2.75) is 51.9 Å². The summed E-state index contributed by atoms with van der Waals surface area (Å²) >= 11 is 0. The number of nitrogen functional groups attached to an aromatic ring is 1. The highest BCUT2D eigenvalue weighted by Crippen LogP contribution is 2.36. The maximum Gasteiger partial charge on any atom is 0.186 e. The molecule has 1 aromatic heterocycles. The fourth-order valence-electron chi connectivity index (χ4n) is 2.68. The average Bonchev–Trinajstić information content (AvgIpc) is 2.35. The van der Waals surface area contributed by atoms with Gasteiger partial charge < -0.3 is 5.73 Å². The van der Waals surface area contributed by atoms with E-state index in [-0.39, 0.29) is 5.82 Å². The molecular formula is C13H20FN3. The van der Waals surface area contributed by atoms with Crippen LogP contribution < -0.4 is 5.73 Å². The minimum Gasteiger partial charge on any atom is -0.381 e. The van der Waals surface area contributed by atoms with Crippen LogP contribution in [0, 0.1) is 18.7 Å². The Kier molecular flexibility index (Phi) is 3.60. The summed E-state index contributed by atoms with van der Waals surface area (Å²) in [6, 6.07) is 0. The highest BCUT2D eigenvalue weighted by molar-refractivity contribution is 5.32. The molecule has 0 bridgehead atoms.